The number of rotatable bonds is 9. The van der Waals surface area contributed by atoms with E-state index in [1.807, 2.05) is 0 Å². The van der Waals surface area contributed by atoms with Crippen LogP contribution in [0.1, 0.15) is 46.0 Å². The van der Waals surface area contributed by atoms with E-state index in [1.54, 1.807) is 0 Å². The van der Waals surface area contributed by atoms with Crippen LogP contribution in [0.2, 0.25) is 0 Å². The first-order valence-electron chi connectivity index (χ1n) is 7.48. The van der Waals surface area contributed by atoms with E-state index in [9.17, 15) is 8.42 Å². The molecule has 0 amide bonds. The molecule has 0 aromatic rings. The molecule has 0 spiro atoms. The molecule has 19 heavy (non-hydrogen) atoms. The number of nitrogens with one attached hydrogen (secondary N) is 2. The topological polar surface area (TPSA) is 61.4 Å². The molecular weight excluding hydrogens is 262 g/mol. The Morgan fingerprint density at radius 2 is 1.74 bits per heavy atom. The van der Waals surface area contributed by atoms with Crippen molar-refractivity contribution in [3.63, 3.8) is 0 Å². The summed E-state index contributed by atoms with van der Waals surface area (Å²) in [5, 5.41) is 3.15. The quantitative estimate of drug-likeness (QED) is 0.630. The maximum Gasteiger partial charge on any atom is 0.279 e. The largest absolute Gasteiger partial charge is 0.314 e. The predicted octanol–water partition coefficient (Wildman–Crippen LogP) is 1.33. The van der Waals surface area contributed by atoms with Crippen LogP contribution >= 0.6 is 0 Å². The van der Waals surface area contributed by atoms with E-state index in [2.05, 4.69) is 23.9 Å². The van der Waals surface area contributed by atoms with Gasteiger partial charge in [-0.25, -0.2) is 4.72 Å². The third-order valence-electron chi connectivity index (χ3n) is 3.41. The van der Waals surface area contributed by atoms with Crippen molar-refractivity contribution >= 4 is 10.2 Å². The zero-order valence-electron chi connectivity index (χ0n) is 12.3. The Morgan fingerprint density at radius 1 is 1.11 bits per heavy atom. The minimum absolute atomic E-state index is 0.563. The van der Waals surface area contributed by atoms with Crippen LogP contribution in [0.3, 0.4) is 0 Å². The van der Waals surface area contributed by atoms with Gasteiger partial charge in [0.2, 0.25) is 0 Å². The van der Waals surface area contributed by atoms with Gasteiger partial charge in [0, 0.05) is 32.7 Å². The molecule has 0 aliphatic carbocycles. The van der Waals surface area contributed by atoms with E-state index in [1.165, 1.54) is 23.6 Å². The van der Waals surface area contributed by atoms with Crippen molar-refractivity contribution < 1.29 is 8.42 Å². The minimum atomic E-state index is -3.25. The first-order chi connectivity index (χ1) is 9.02. The Hall–Kier alpha value is -0.170. The van der Waals surface area contributed by atoms with Gasteiger partial charge >= 0.3 is 0 Å². The van der Waals surface area contributed by atoms with Crippen LogP contribution in [0.25, 0.3) is 0 Å². The molecule has 5 nitrogen and oxygen atoms in total. The minimum Gasteiger partial charge on any atom is -0.314 e. The zero-order valence-corrected chi connectivity index (χ0v) is 13.1. The molecule has 6 heteroatoms. The highest BCUT2D eigenvalue weighted by Crippen LogP contribution is 2.09. The number of hydrogen-bond acceptors (Lipinski definition) is 3. The predicted molar refractivity (Wildman–Crippen MR) is 79.3 cm³/mol. The fourth-order valence-electron chi connectivity index (χ4n) is 2.21. The molecule has 0 saturated carbocycles. The van der Waals surface area contributed by atoms with Crippen molar-refractivity contribution in [2.24, 2.45) is 5.92 Å². The standard InChI is InChI=1S/C13H29N3O2S/c1-13(2)7-5-3-4-6-8-15-19(17,18)16-11-9-14-10-12-16/h13-15H,3-12H2,1-2H3. The molecular formula is C13H29N3O2S. The number of hydrogen-bond donors (Lipinski definition) is 2. The molecule has 0 aromatic carbocycles. The van der Waals surface area contributed by atoms with Gasteiger partial charge in [-0.2, -0.15) is 12.7 Å². The van der Waals surface area contributed by atoms with Gasteiger partial charge in [0.05, 0.1) is 0 Å². The van der Waals surface area contributed by atoms with Crippen molar-refractivity contribution in [1.82, 2.24) is 14.3 Å². The van der Waals surface area contributed by atoms with Gasteiger partial charge in [-0.3, -0.25) is 0 Å². The molecule has 1 heterocycles. The molecule has 114 valence electrons. The molecule has 0 unspecified atom stereocenters. The first-order valence-corrected chi connectivity index (χ1v) is 8.92. The average molecular weight is 291 g/mol. The van der Waals surface area contributed by atoms with E-state index >= 15 is 0 Å². The van der Waals surface area contributed by atoms with Crippen molar-refractivity contribution in [3.05, 3.63) is 0 Å². The Labute approximate surface area is 118 Å². The van der Waals surface area contributed by atoms with Crippen molar-refractivity contribution in [1.29, 1.82) is 0 Å². The molecule has 1 fully saturated rings. The van der Waals surface area contributed by atoms with Gasteiger partial charge in [-0.05, 0) is 12.3 Å². The van der Waals surface area contributed by atoms with Crippen molar-refractivity contribution in [2.45, 2.75) is 46.0 Å². The molecule has 0 radical (unpaired) electrons. The SMILES string of the molecule is CC(C)CCCCCCNS(=O)(=O)N1CCNCC1. The van der Waals surface area contributed by atoms with E-state index in [0.29, 0.717) is 19.6 Å². The highest BCUT2D eigenvalue weighted by atomic mass is 32.2. The molecule has 1 aliphatic rings. The summed E-state index contributed by atoms with van der Waals surface area (Å²) in [7, 11) is -3.25. The lowest BCUT2D eigenvalue weighted by Crippen LogP contribution is -2.50. The summed E-state index contributed by atoms with van der Waals surface area (Å²) in [5.74, 6) is 0.770. The number of unbranched alkanes of at least 4 members (excludes halogenated alkanes) is 3. The molecule has 1 rings (SSSR count). The van der Waals surface area contributed by atoms with Gasteiger partial charge in [-0.15, -0.1) is 0 Å². The van der Waals surface area contributed by atoms with Crippen LogP contribution < -0.4 is 10.0 Å². The molecule has 2 N–H and O–H groups in total. The number of piperazine rings is 1. The van der Waals surface area contributed by atoms with Crippen LogP contribution in [-0.4, -0.2) is 45.4 Å². The third-order valence-corrected chi connectivity index (χ3v) is 5.02. The second kappa shape index (κ2) is 8.89. The Kier molecular flexibility index (Phi) is 7.90. The van der Waals surface area contributed by atoms with Gasteiger partial charge < -0.3 is 5.32 Å². The summed E-state index contributed by atoms with van der Waals surface area (Å²) in [4.78, 5) is 0. The summed E-state index contributed by atoms with van der Waals surface area (Å²) in [5.41, 5.74) is 0. The van der Waals surface area contributed by atoms with E-state index in [4.69, 9.17) is 0 Å². The van der Waals surface area contributed by atoms with Gasteiger partial charge in [0.25, 0.3) is 10.2 Å². The summed E-state index contributed by atoms with van der Waals surface area (Å²) >= 11 is 0. The van der Waals surface area contributed by atoms with Crippen molar-refractivity contribution in [2.75, 3.05) is 32.7 Å². The Morgan fingerprint density at radius 3 is 2.37 bits per heavy atom. The second-order valence-electron chi connectivity index (χ2n) is 5.65. The monoisotopic (exact) mass is 291 g/mol. The maximum atomic E-state index is 12.0. The molecule has 0 bridgehead atoms. The highest BCUT2D eigenvalue weighted by Gasteiger charge is 2.22. The first kappa shape index (κ1) is 16.9. The van der Waals surface area contributed by atoms with Gasteiger partial charge in [0.1, 0.15) is 0 Å². The number of nitrogens with zero attached hydrogens (tertiary/aromatic N) is 1. The van der Waals surface area contributed by atoms with Crippen molar-refractivity contribution in [3.8, 4) is 0 Å². The summed E-state index contributed by atoms with van der Waals surface area (Å²) in [6.45, 7) is 7.68. The Balaban J connectivity index is 2.07. The lowest BCUT2D eigenvalue weighted by Gasteiger charge is -2.26. The summed E-state index contributed by atoms with van der Waals surface area (Å²) in [6, 6.07) is 0. The smallest absolute Gasteiger partial charge is 0.279 e. The van der Waals surface area contributed by atoms with E-state index < -0.39 is 10.2 Å². The van der Waals surface area contributed by atoms with Crippen LogP contribution in [0, 0.1) is 5.92 Å². The van der Waals surface area contributed by atoms with Crippen LogP contribution in [0.4, 0.5) is 0 Å². The third kappa shape index (κ3) is 7.25. The van der Waals surface area contributed by atoms with Crippen LogP contribution in [0.5, 0.6) is 0 Å². The highest BCUT2D eigenvalue weighted by molar-refractivity contribution is 7.87. The molecule has 1 saturated heterocycles. The maximum absolute atomic E-state index is 12.0. The summed E-state index contributed by atoms with van der Waals surface area (Å²) in [6.07, 6.45) is 5.77. The lowest BCUT2D eigenvalue weighted by molar-refractivity contribution is 0.354. The fourth-order valence-corrected chi connectivity index (χ4v) is 3.46. The van der Waals surface area contributed by atoms with Crippen LogP contribution in [-0.2, 0) is 10.2 Å². The average Bonchev–Trinajstić information content (AvgIpc) is 2.38. The molecule has 0 aromatic heterocycles. The van der Waals surface area contributed by atoms with E-state index in [0.717, 1.165) is 31.8 Å². The van der Waals surface area contributed by atoms with Gasteiger partial charge in [0.15, 0.2) is 0 Å². The Bertz CT molecular complexity index is 325. The zero-order chi connectivity index (χ0) is 14.1. The summed E-state index contributed by atoms with van der Waals surface area (Å²) < 4.78 is 28.1. The second-order valence-corrected chi connectivity index (χ2v) is 7.40. The molecule has 0 atom stereocenters. The normalized spacial score (nSPS) is 18.1. The lowest BCUT2D eigenvalue weighted by atomic mass is 10.0. The fraction of sp³-hybridized carbons (Fsp3) is 1.00. The van der Waals surface area contributed by atoms with Crippen LogP contribution in [0.15, 0.2) is 0 Å². The van der Waals surface area contributed by atoms with E-state index in [-0.39, 0.29) is 0 Å². The van der Waals surface area contributed by atoms with Gasteiger partial charge in [-0.1, -0.05) is 39.5 Å². The molecule has 1 aliphatic heterocycles.